The van der Waals surface area contributed by atoms with Crippen LogP contribution in [0.2, 0.25) is 0 Å². The molecule has 0 atom stereocenters. The minimum Gasteiger partial charge on any atom is -0.394 e. The van der Waals surface area contributed by atoms with Gasteiger partial charge in [-0.15, -0.1) is 5.10 Å². The fourth-order valence-electron chi connectivity index (χ4n) is 2.33. The molecule has 2 heterocycles. The highest BCUT2D eigenvalue weighted by Gasteiger charge is 2.23. The molecule has 0 saturated carbocycles. The first-order valence-electron chi connectivity index (χ1n) is 6.66. The molecule has 0 aliphatic carbocycles. The van der Waals surface area contributed by atoms with Crippen molar-refractivity contribution in [1.82, 2.24) is 14.3 Å². The Bertz CT molecular complexity index is 572. The summed E-state index contributed by atoms with van der Waals surface area (Å²) in [5.41, 5.74) is -0.803. The first-order valence-corrected chi connectivity index (χ1v) is 6.66. The van der Waals surface area contributed by atoms with Gasteiger partial charge in [-0.05, 0) is 12.8 Å². The zero-order valence-corrected chi connectivity index (χ0v) is 11.8. The van der Waals surface area contributed by atoms with E-state index in [1.807, 2.05) is 4.90 Å². The van der Waals surface area contributed by atoms with Gasteiger partial charge in [-0.1, -0.05) is 0 Å². The van der Waals surface area contributed by atoms with Crippen molar-refractivity contribution in [3.63, 3.8) is 0 Å². The number of aliphatic hydroxyl groups is 1. The quantitative estimate of drug-likeness (QED) is 0.720. The van der Waals surface area contributed by atoms with Crippen molar-refractivity contribution in [2.24, 2.45) is 14.1 Å². The number of hydrogen-bond acceptors (Lipinski definition) is 6. The predicted octanol–water partition coefficient (Wildman–Crippen LogP) is -1.54. The molecule has 1 aromatic rings. The number of ether oxygens (including phenoxy) is 1. The monoisotopic (exact) mass is 284 g/mol. The summed E-state index contributed by atoms with van der Waals surface area (Å²) >= 11 is 0. The Kier molecular flexibility index (Phi) is 4.56. The lowest BCUT2D eigenvalue weighted by molar-refractivity contribution is 0.0157. The fraction of sp³-hybridized carbons (Fsp3) is 0.750. The second kappa shape index (κ2) is 6.19. The van der Waals surface area contributed by atoms with Crippen molar-refractivity contribution in [2.45, 2.75) is 18.9 Å². The molecular formula is C12H20N4O4. The van der Waals surface area contributed by atoms with E-state index in [1.54, 1.807) is 0 Å². The van der Waals surface area contributed by atoms with Gasteiger partial charge in [-0.3, -0.25) is 9.36 Å². The van der Waals surface area contributed by atoms with Crippen LogP contribution in [0.1, 0.15) is 12.8 Å². The zero-order chi connectivity index (χ0) is 14.7. The predicted molar refractivity (Wildman–Crippen MR) is 73.0 cm³/mol. The summed E-state index contributed by atoms with van der Waals surface area (Å²) in [5, 5.41) is 12.8. The largest absolute Gasteiger partial charge is 0.394 e. The van der Waals surface area contributed by atoms with Crippen LogP contribution in [0.15, 0.2) is 9.59 Å². The van der Waals surface area contributed by atoms with Crippen LogP contribution in [0.3, 0.4) is 0 Å². The molecule has 0 unspecified atom stereocenters. The Hall–Kier alpha value is -1.67. The summed E-state index contributed by atoms with van der Waals surface area (Å²) in [7, 11) is 2.98. The summed E-state index contributed by atoms with van der Waals surface area (Å²) in [5.74, 6) is 0.301. The smallest absolute Gasteiger partial charge is 0.346 e. The van der Waals surface area contributed by atoms with E-state index in [4.69, 9.17) is 9.84 Å². The Morgan fingerprint density at radius 2 is 1.95 bits per heavy atom. The minimum absolute atomic E-state index is 0.0170. The third-order valence-corrected chi connectivity index (χ3v) is 3.49. The maximum atomic E-state index is 12.1. The van der Waals surface area contributed by atoms with Crippen molar-refractivity contribution in [3.8, 4) is 0 Å². The summed E-state index contributed by atoms with van der Waals surface area (Å²) in [6.07, 6.45) is 1.65. The molecule has 1 aromatic heterocycles. The van der Waals surface area contributed by atoms with E-state index < -0.39 is 5.69 Å². The number of nitrogens with zero attached hydrogens (tertiary/aromatic N) is 4. The molecule has 0 spiro atoms. The number of rotatable bonds is 4. The molecule has 0 amide bonds. The maximum Gasteiger partial charge on any atom is 0.346 e. The number of anilines is 1. The molecule has 1 fully saturated rings. The normalized spacial score (nSPS) is 16.6. The second-order valence-corrected chi connectivity index (χ2v) is 4.87. The highest BCUT2D eigenvalue weighted by molar-refractivity contribution is 5.35. The molecule has 8 heteroatoms. The molecule has 1 aliphatic heterocycles. The van der Waals surface area contributed by atoms with E-state index in [-0.39, 0.29) is 18.3 Å². The van der Waals surface area contributed by atoms with Crippen molar-refractivity contribution in [3.05, 3.63) is 20.8 Å². The molecule has 2 rings (SSSR count). The van der Waals surface area contributed by atoms with Crippen LogP contribution in [0.4, 0.5) is 5.82 Å². The molecule has 1 aliphatic rings. The number of hydrogen-bond donors (Lipinski definition) is 1. The van der Waals surface area contributed by atoms with E-state index >= 15 is 0 Å². The molecule has 0 radical (unpaired) electrons. The van der Waals surface area contributed by atoms with E-state index in [1.165, 1.54) is 18.8 Å². The van der Waals surface area contributed by atoms with Gasteiger partial charge in [0.1, 0.15) is 0 Å². The van der Waals surface area contributed by atoms with Gasteiger partial charge >= 0.3 is 5.69 Å². The highest BCUT2D eigenvalue weighted by atomic mass is 16.5. The molecule has 1 N–H and O–H groups in total. The third-order valence-electron chi connectivity index (χ3n) is 3.49. The van der Waals surface area contributed by atoms with E-state index in [2.05, 4.69) is 5.10 Å². The van der Waals surface area contributed by atoms with Gasteiger partial charge in [0.25, 0.3) is 5.56 Å². The third kappa shape index (κ3) is 2.91. The van der Waals surface area contributed by atoms with Gasteiger partial charge < -0.3 is 14.7 Å². The zero-order valence-electron chi connectivity index (χ0n) is 11.8. The molecule has 8 nitrogen and oxygen atoms in total. The van der Waals surface area contributed by atoms with Gasteiger partial charge in [0, 0.05) is 27.2 Å². The lowest BCUT2D eigenvalue weighted by Crippen LogP contribution is -2.46. The van der Waals surface area contributed by atoms with Crippen LogP contribution >= 0.6 is 0 Å². The fourth-order valence-corrected chi connectivity index (χ4v) is 2.33. The minimum atomic E-state index is -0.431. The van der Waals surface area contributed by atoms with Crippen LogP contribution < -0.4 is 16.1 Å². The average Bonchev–Trinajstić information content (AvgIpc) is 2.47. The Morgan fingerprint density at radius 3 is 2.55 bits per heavy atom. The molecular weight excluding hydrogens is 264 g/mol. The summed E-state index contributed by atoms with van der Waals surface area (Å²) in [6, 6.07) is 0. The summed E-state index contributed by atoms with van der Waals surface area (Å²) < 4.78 is 7.72. The maximum absolute atomic E-state index is 12.1. The topological polar surface area (TPSA) is 89.6 Å². The van der Waals surface area contributed by atoms with Crippen molar-refractivity contribution in [1.29, 1.82) is 0 Å². The Labute approximate surface area is 116 Å². The number of piperidine rings is 1. The van der Waals surface area contributed by atoms with Gasteiger partial charge in [0.2, 0.25) is 5.82 Å². The van der Waals surface area contributed by atoms with E-state index in [0.717, 1.165) is 17.4 Å². The lowest BCUT2D eigenvalue weighted by Gasteiger charge is -2.32. The number of aromatic nitrogens is 3. The average molecular weight is 284 g/mol. The van der Waals surface area contributed by atoms with Crippen molar-refractivity contribution >= 4 is 5.82 Å². The SMILES string of the molecule is Cn1nc(N2CCC(OCCO)CC2)c(=O)n(C)c1=O. The van der Waals surface area contributed by atoms with E-state index in [0.29, 0.717) is 25.5 Å². The van der Waals surface area contributed by atoms with Crippen LogP contribution in [0.5, 0.6) is 0 Å². The van der Waals surface area contributed by atoms with Crippen molar-refractivity contribution < 1.29 is 9.84 Å². The van der Waals surface area contributed by atoms with Gasteiger partial charge in [0.05, 0.1) is 19.3 Å². The van der Waals surface area contributed by atoms with Crippen LogP contribution in [0.25, 0.3) is 0 Å². The summed E-state index contributed by atoms with van der Waals surface area (Å²) in [4.78, 5) is 25.5. The van der Waals surface area contributed by atoms with Crippen LogP contribution in [-0.4, -0.2) is 51.9 Å². The first kappa shape index (κ1) is 14.7. The number of aryl methyl sites for hydroxylation is 1. The van der Waals surface area contributed by atoms with Crippen LogP contribution in [-0.2, 0) is 18.8 Å². The molecule has 1 saturated heterocycles. The second-order valence-electron chi connectivity index (χ2n) is 4.87. The van der Waals surface area contributed by atoms with Gasteiger partial charge in [-0.2, -0.15) is 0 Å². The molecule has 0 aromatic carbocycles. The van der Waals surface area contributed by atoms with Crippen molar-refractivity contribution in [2.75, 3.05) is 31.2 Å². The molecule has 112 valence electrons. The molecule has 20 heavy (non-hydrogen) atoms. The Morgan fingerprint density at radius 1 is 1.30 bits per heavy atom. The van der Waals surface area contributed by atoms with Gasteiger partial charge in [0.15, 0.2) is 0 Å². The van der Waals surface area contributed by atoms with Crippen LogP contribution in [0, 0.1) is 0 Å². The first-order chi connectivity index (χ1) is 9.54. The number of aliphatic hydroxyl groups excluding tert-OH is 1. The standard InChI is InChI=1S/C12H20N4O4/c1-14-11(18)10(13-15(2)12(14)19)16-5-3-9(4-6-16)20-8-7-17/h9,17H,3-8H2,1-2H3. The Balaban J connectivity index is 2.12. The molecule has 0 bridgehead atoms. The van der Waals surface area contributed by atoms with E-state index in [9.17, 15) is 9.59 Å². The van der Waals surface area contributed by atoms with Gasteiger partial charge in [-0.25, -0.2) is 9.48 Å². The highest BCUT2D eigenvalue weighted by Crippen LogP contribution is 2.16. The lowest BCUT2D eigenvalue weighted by atomic mass is 10.1. The summed E-state index contributed by atoms with van der Waals surface area (Å²) in [6.45, 7) is 1.65.